The van der Waals surface area contributed by atoms with E-state index >= 15 is 0 Å². The van der Waals surface area contributed by atoms with Crippen LogP contribution in [0.4, 0.5) is 10.1 Å². The van der Waals surface area contributed by atoms with Crippen molar-refractivity contribution >= 4 is 31.3 Å². The maximum absolute atomic E-state index is 13.7. The fourth-order valence-corrected chi connectivity index (χ4v) is 2.21. The summed E-state index contributed by atoms with van der Waals surface area (Å²) in [5, 5.41) is 2.33. The molecule has 1 N–H and O–H groups in total. The van der Waals surface area contributed by atoms with Crippen LogP contribution >= 0.6 is 10.7 Å². The third kappa shape index (κ3) is 3.31. The van der Waals surface area contributed by atoms with Gasteiger partial charge in [-0.3, -0.25) is 9.78 Å². The molecule has 2 rings (SSSR count). The van der Waals surface area contributed by atoms with Gasteiger partial charge < -0.3 is 5.32 Å². The van der Waals surface area contributed by atoms with Crippen molar-refractivity contribution in [1.82, 2.24) is 4.98 Å². The van der Waals surface area contributed by atoms with Crippen molar-refractivity contribution in [2.45, 2.75) is 4.90 Å². The quantitative estimate of drug-likeness (QED) is 0.883. The SMILES string of the molecule is O=C(Nc1ccc(S(=O)(=O)Cl)cc1F)c1ccncc1. The van der Waals surface area contributed by atoms with Gasteiger partial charge in [-0.1, -0.05) is 0 Å². The molecule has 1 aromatic heterocycles. The number of amides is 1. The molecule has 104 valence electrons. The number of carbonyl (C=O) groups is 1. The Kier molecular flexibility index (Phi) is 4.01. The van der Waals surface area contributed by atoms with Crippen LogP contribution in [-0.2, 0) is 9.05 Å². The van der Waals surface area contributed by atoms with Crippen molar-refractivity contribution in [1.29, 1.82) is 0 Å². The first-order valence-electron chi connectivity index (χ1n) is 5.33. The summed E-state index contributed by atoms with van der Waals surface area (Å²) in [4.78, 5) is 15.2. The minimum atomic E-state index is -4.01. The molecule has 5 nitrogen and oxygen atoms in total. The molecule has 0 saturated heterocycles. The van der Waals surface area contributed by atoms with Crippen LogP contribution in [0.25, 0.3) is 0 Å². The van der Waals surface area contributed by atoms with E-state index in [9.17, 15) is 17.6 Å². The van der Waals surface area contributed by atoms with Gasteiger partial charge in [-0.05, 0) is 30.3 Å². The Morgan fingerprint density at radius 1 is 1.20 bits per heavy atom. The molecule has 2 aromatic rings. The van der Waals surface area contributed by atoms with Crippen LogP contribution < -0.4 is 5.32 Å². The highest BCUT2D eigenvalue weighted by Gasteiger charge is 2.14. The Bertz CT molecular complexity index is 751. The van der Waals surface area contributed by atoms with Gasteiger partial charge in [0.1, 0.15) is 5.82 Å². The van der Waals surface area contributed by atoms with E-state index in [1.54, 1.807) is 0 Å². The van der Waals surface area contributed by atoms with Crippen LogP contribution in [0, 0.1) is 5.82 Å². The minimum absolute atomic E-state index is 0.143. The van der Waals surface area contributed by atoms with E-state index in [0.29, 0.717) is 5.56 Å². The Morgan fingerprint density at radius 3 is 2.40 bits per heavy atom. The van der Waals surface area contributed by atoms with Crippen LogP contribution in [0.3, 0.4) is 0 Å². The standard InChI is InChI=1S/C12H8ClFN2O3S/c13-20(18,19)9-1-2-11(10(14)7-9)16-12(17)8-3-5-15-6-4-8/h1-7H,(H,16,17). The van der Waals surface area contributed by atoms with Gasteiger partial charge in [-0.25, -0.2) is 12.8 Å². The molecule has 0 aliphatic carbocycles. The molecule has 1 amide bonds. The maximum Gasteiger partial charge on any atom is 0.261 e. The Hall–Kier alpha value is -1.99. The number of nitrogens with zero attached hydrogens (tertiary/aromatic N) is 1. The number of rotatable bonds is 3. The van der Waals surface area contributed by atoms with Crippen molar-refractivity contribution in [3.63, 3.8) is 0 Å². The summed E-state index contributed by atoms with van der Waals surface area (Å²) in [5.74, 6) is -1.43. The molecule has 0 fully saturated rings. The summed E-state index contributed by atoms with van der Waals surface area (Å²) in [6.45, 7) is 0. The average molecular weight is 315 g/mol. The lowest BCUT2D eigenvalue weighted by Gasteiger charge is -2.07. The predicted molar refractivity (Wildman–Crippen MR) is 71.6 cm³/mol. The van der Waals surface area contributed by atoms with Gasteiger partial charge in [0.05, 0.1) is 10.6 Å². The average Bonchev–Trinajstić information content (AvgIpc) is 2.41. The largest absolute Gasteiger partial charge is 0.319 e. The molecule has 0 aliphatic rings. The van der Waals surface area contributed by atoms with Crippen molar-refractivity contribution in [3.05, 3.63) is 54.1 Å². The number of anilines is 1. The van der Waals surface area contributed by atoms with Crippen molar-refractivity contribution < 1.29 is 17.6 Å². The van der Waals surface area contributed by atoms with E-state index in [-0.39, 0.29) is 10.6 Å². The summed E-state index contributed by atoms with van der Waals surface area (Å²) in [7, 11) is 1.08. The lowest BCUT2D eigenvalue weighted by Crippen LogP contribution is -2.13. The molecule has 0 saturated carbocycles. The molecule has 0 atom stereocenters. The first-order valence-corrected chi connectivity index (χ1v) is 7.64. The van der Waals surface area contributed by atoms with Gasteiger partial charge in [0, 0.05) is 28.6 Å². The number of benzene rings is 1. The van der Waals surface area contributed by atoms with Gasteiger partial charge in [-0.2, -0.15) is 0 Å². The van der Waals surface area contributed by atoms with E-state index in [4.69, 9.17) is 10.7 Å². The molecule has 0 aliphatic heterocycles. The lowest BCUT2D eigenvalue weighted by atomic mass is 10.2. The third-order valence-electron chi connectivity index (χ3n) is 2.41. The number of hydrogen-bond acceptors (Lipinski definition) is 4. The number of hydrogen-bond donors (Lipinski definition) is 1. The van der Waals surface area contributed by atoms with Crippen molar-refractivity contribution in [3.8, 4) is 0 Å². The monoisotopic (exact) mass is 314 g/mol. The van der Waals surface area contributed by atoms with Crippen LogP contribution in [0.2, 0.25) is 0 Å². The lowest BCUT2D eigenvalue weighted by molar-refractivity contribution is 0.102. The number of nitrogens with one attached hydrogen (secondary N) is 1. The summed E-state index contributed by atoms with van der Waals surface area (Å²) in [6, 6.07) is 5.90. The van der Waals surface area contributed by atoms with Gasteiger partial charge in [-0.15, -0.1) is 0 Å². The number of carbonyl (C=O) groups excluding carboxylic acids is 1. The normalized spacial score (nSPS) is 11.1. The number of aromatic nitrogens is 1. The highest BCUT2D eigenvalue weighted by molar-refractivity contribution is 8.13. The highest BCUT2D eigenvalue weighted by Crippen LogP contribution is 2.22. The molecule has 1 aromatic carbocycles. The first-order chi connectivity index (χ1) is 9.38. The minimum Gasteiger partial charge on any atom is -0.319 e. The van der Waals surface area contributed by atoms with Gasteiger partial charge in [0.15, 0.2) is 0 Å². The number of halogens is 2. The van der Waals surface area contributed by atoms with Crippen molar-refractivity contribution in [2.75, 3.05) is 5.32 Å². The van der Waals surface area contributed by atoms with Crippen LogP contribution in [0.1, 0.15) is 10.4 Å². The van der Waals surface area contributed by atoms with E-state index < -0.39 is 20.8 Å². The fourth-order valence-electron chi connectivity index (χ4n) is 1.45. The zero-order valence-electron chi connectivity index (χ0n) is 9.88. The van der Waals surface area contributed by atoms with E-state index in [0.717, 1.165) is 18.2 Å². The Morgan fingerprint density at radius 2 is 1.85 bits per heavy atom. The van der Waals surface area contributed by atoms with Crippen molar-refractivity contribution in [2.24, 2.45) is 0 Å². The molecule has 0 radical (unpaired) electrons. The first kappa shape index (κ1) is 14.4. The van der Waals surface area contributed by atoms with E-state index in [1.807, 2.05) is 0 Å². The topological polar surface area (TPSA) is 76.1 Å². The smallest absolute Gasteiger partial charge is 0.261 e. The van der Waals surface area contributed by atoms with Gasteiger partial charge in [0.2, 0.25) is 0 Å². The fraction of sp³-hybridized carbons (Fsp3) is 0. The Balaban J connectivity index is 2.25. The second kappa shape index (κ2) is 5.56. The van der Waals surface area contributed by atoms with E-state index in [1.165, 1.54) is 24.5 Å². The molecular weight excluding hydrogens is 307 g/mol. The highest BCUT2D eigenvalue weighted by atomic mass is 35.7. The Labute approximate surface area is 118 Å². The summed E-state index contributed by atoms with van der Waals surface area (Å²) in [6.07, 6.45) is 2.85. The zero-order chi connectivity index (χ0) is 14.8. The molecule has 0 spiro atoms. The van der Waals surface area contributed by atoms with Crippen LogP contribution in [0.15, 0.2) is 47.6 Å². The molecule has 20 heavy (non-hydrogen) atoms. The van der Waals surface area contributed by atoms with Crippen LogP contribution in [0.5, 0.6) is 0 Å². The summed E-state index contributed by atoms with van der Waals surface area (Å²) >= 11 is 0. The molecule has 1 heterocycles. The second-order valence-corrected chi connectivity index (χ2v) is 6.34. The zero-order valence-corrected chi connectivity index (χ0v) is 11.5. The number of pyridine rings is 1. The summed E-state index contributed by atoms with van der Waals surface area (Å²) in [5.41, 5.74) is 0.157. The molecule has 8 heteroatoms. The molecule has 0 unspecified atom stereocenters. The van der Waals surface area contributed by atoms with Crippen LogP contribution in [-0.4, -0.2) is 19.3 Å². The van der Waals surface area contributed by atoms with Gasteiger partial charge >= 0.3 is 0 Å². The second-order valence-electron chi connectivity index (χ2n) is 3.77. The molecule has 0 bridgehead atoms. The maximum atomic E-state index is 13.7. The predicted octanol–water partition coefficient (Wildman–Crippen LogP) is 2.40. The molecular formula is C12H8ClFN2O3S. The third-order valence-corrected chi connectivity index (χ3v) is 3.76. The van der Waals surface area contributed by atoms with Gasteiger partial charge in [0.25, 0.3) is 15.0 Å². The van der Waals surface area contributed by atoms with E-state index in [2.05, 4.69) is 10.3 Å². The summed E-state index contributed by atoms with van der Waals surface area (Å²) < 4.78 is 35.8.